The van der Waals surface area contributed by atoms with Crippen LogP contribution in [0.2, 0.25) is 0 Å². The summed E-state index contributed by atoms with van der Waals surface area (Å²) in [5.74, 6) is -0.444. The minimum Gasteiger partial charge on any atom is -0.332 e. The van der Waals surface area contributed by atoms with Gasteiger partial charge in [0.2, 0.25) is 11.8 Å². The third-order valence-electron chi connectivity index (χ3n) is 5.94. The predicted molar refractivity (Wildman–Crippen MR) is 123 cm³/mol. The Morgan fingerprint density at radius 1 is 0.781 bits per heavy atom. The molecule has 2 aliphatic heterocycles. The highest BCUT2D eigenvalue weighted by molar-refractivity contribution is 8.14. The second-order valence-electron chi connectivity index (χ2n) is 7.74. The van der Waals surface area contributed by atoms with Gasteiger partial charge in [0.25, 0.3) is 5.24 Å². The normalized spacial score (nSPS) is 20.8. The van der Waals surface area contributed by atoms with Crippen LogP contribution in [0.15, 0.2) is 91.0 Å². The van der Waals surface area contributed by atoms with Crippen molar-refractivity contribution in [3.8, 4) is 0 Å². The highest BCUT2D eigenvalue weighted by Crippen LogP contribution is 2.38. The number of amides is 3. The number of nitrogens with zero attached hydrogens (tertiary/aromatic N) is 1. The number of nitrogens with one attached hydrogen (secondary N) is 2. The number of imide groups is 1. The molecule has 1 unspecified atom stereocenters. The number of carbonyl (C=O) groups excluding carboxylic acids is 3. The van der Waals surface area contributed by atoms with E-state index in [4.69, 9.17) is 0 Å². The fourth-order valence-corrected chi connectivity index (χ4v) is 5.15. The molecule has 2 atom stereocenters. The van der Waals surface area contributed by atoms with Gasteiger partial charge >= 0.3 is 0 Å². The lowest BCUT2D eigenvalue weighted by molar-refractivity contribution is -0.141. The molecule has 2 N–H and O–H groups in total. The molecule has 2 aliphatic rings. The van der Waals surface area contributed by atoms with E-state index in [1.165, 1.54) is 0 Å². The largest absolute Gasteiger partial charge is 0.332 e. The van der Waals surface area contributed by atoms with Gasteiger partial charge in [-0.25, -0.2) is 4.90 Å². The van der Waals surface area contributed by atoms with E-state index in [0.717, 1.165) is 33.4 Å². The molecule has 0 bridgehead atoms. The van der Waals surface area contributed by atoms with E-state index < -0.39 is 17.7 Å². The second-order valence-corrected chi connectivity index (χ2v) is 8.67. The van der Waals surface area contributed by atoms with E-state index in [2.05, 4.69) is 10.6 Å². The van der Waals surface area contributed by atoms with Crippen LogP contribution in [0.4, 0.5) is 4.79 Å². The van der Waals surface area contributed by atoms with Crippen LogP contribution in [0, 0.1) is 0 Å². The molecule has 5 rings (SSSR count). The first-order valence-electron chi connectivity index (χ1n) is 10.3. The van der Waals surface area contributed by atoms with Crippen LogP contribution in [0.1, 0.15) is 16.7 Å². The summed E-state index contributed by atoms with van der Waals surface area (Å²) in [6.45, 7) is 0. The van der Waals surface area contributed by atoms with Crippen molar-refractivity contribution in [2.75, 3.05) is 5.75 Å². The summed E-state index contributed by atoms with van der Waals surface area (Å²) in [6.07, 6.45) is -0.729. The van der Waals surface area contributed by atoms with Crippen LogP contribution in [0.5, 0.6) is 0 Å². The predicted octanol–water partition coefficient (Wildman–Crippen LogP) is 3.09. The summed E-state index contributed by atoms with van der Waals surface area (Å²) in [4.78, 5) is 38.6. The Balaban J connectivity index is 1.66. The lowest BCUT2D eigenvalue weighted by Crippen LogP contribution is -2.77. The molecule has 3 aromatic carbocycles. The number of β-lactam (4-membered cyclic amide) rings is 1. The molecule has 32 heavy (non-hydrogen) atoms. The van der Waals surface area contributed by atoms with Crippen molar-refractivity contribution >= 4 is 28.8 Å². The fraction of sp³-hybridized carbons (Fsp3) is 0.160. The molecule has 7 heteroatoms. The van der Waals surface area contributed by atoms with Crippen molar-refractivity contribution in [3.63, 3.8) is 0 Å². The number of hydrogen-bond donors (Lipinski definition) is 2. The highest BCUT2D eigenvalue weighted by atomic mass is 32.2. The minimum atomic E-state index is -0.872. The molecule has 0 saturated carbocycles. The molecule has 160 valence electrons. The Morgan fingerprint density at radius 3 is 1.62 bits per heavy atom. The van der Waals surface area contributed by atoms with Gasteiger partial charge < -0.3 is 5.32 Å². The van der Waals surface area contributed by atoms with Gasteiger partial charge in [0.15, 0.2) is 0 Å². The van der Waals surface area contributed by atoms with E-state index in [1.807, 2.05) is 91.0 Å². The molecular formula is C25H21N3O3S. The first-order valence-corrected chi connectivity index (χ1v) is 11.3. The van der Waals surface area contributed by atoms with Gasteiger partial charge in [-0.05, 0) is 16.7 Å². The first-order chi connectivity index (χ1) is 15.6. The summed E-state index contributed by atoms with van der Waals surface area (Å²) in [7, 11) is 0. The summed E-state index contributed by atoms with van der Waals surface area (Å²) in [5.41, 5.74) is 1.97. The maximum absolute atomic E-state index is 12.8. The molecule has 0 aromatic heterocycles. The maximum atomic E-state index is 12.8. The lowest BCUT2D eigenvalue weighted by atomic mass is 9.76. The minimum absolute atomic E-state index is 0.0964. The molecule has 2 heterocycles. The van der Waals surface area contributed by atoms with Crippen molar-refractivity contribution in [1.82, 2.24) is 15.5 Å². The Morgan fingerprint density at radius 2 is 1.25 bits per heavy atom. The van der Waals surface area contributed by atoms with E-state index in [-0.39, 0.29) is 22.8 Å². The Hall–Kier alpha value is -3.42. The maximum Gasteiger partial charge on any atom is 0.290 e. The van der Waals surface area contributed by atoms with Crippen molar-refractivity contribution in [3.05, 3.63) is 108 Å². The van der Waals surface area contributed by atoms with Crippen LogP contribution >= 0.6 is 11.8 Å². The van der Waals surface area contributed by atoms with Gasteiger partial charge in [-0.2, -0.15) is 0 Å². The molecule has 3 aromatic rings. The second kappa shape index (κ2) is 8.26. The van der Waals surface area contributed by atoms with Gasteiger partial charge in [0.1, 0.15) is 12.2 Å². The molecule has 0 radical (unpaired) electrons. The van der Waals surface area contributed by atoms with Crippen molar-refractivity contribution in [2.45, 2.75) is 17.7 Å². The number of hydrogen-bond acceptors (Lipinski definition) is 5. The zero-order valence-electron chi connectivity index (χ0n) is 17.1. The average Bonchev–Trinajstić information content (AvgIpc) is 3.17. The Bertz CT molecular complexity index is 1040. The Kier molecular flexibility index (Phi) is 5.28. The van der Waals surface area contributed by atoms with Crippen molar-refractivity contribution in [2.24, 2.45) is 0 Å². The number of benzene rings is 3. The molecule has 2 fully saturated rings. The standard InChI is InChI=1S/C25H21N3O3S/c29-20-16-32-24(31)28(20)22-21(23(30)26-22)27-25(17-10-4-1-5-11-17,18-12-6-2-7-13-18)19-14-8-3-9-15-19/h1-15,21-22,27H,16H2,(H,26,30)/t21-,22?/m0/s1. The quantitative estimate of drug-likeness (QED) is 0.452. The topological polar surface area (TPSA) is 78.5 Å². The summed E-state index contributed by atoms with van der Waals surface area (Å²) in [6, 6.07) is 28.9. The van der Waals surface area contributed by atoms with E-state index in [9.17, 15) is 14.4 Å². The summed E-state index contributed by atoms with van der Waals surface area (Å²) < 4.78 is 0. The average molecular weight is 444 g/mol. The zero-order valence-corrected chi connectivity index (χ0v) is 17.9. The highest BCUT2D eigenvalue weighted by Gasteiger charge is 2.53. The monoisotopic (exact) mass is 443 g/mol. The SMILES string of the molecule is O=C1NC(N2C(=O)CSC2=O)[C@@H]1NC(c1ccccc1)(c1ccccc1)c1ccccc1. The number of thioether (sulfide) groups is 1. The van der Waals surface area contributed by atoms with Crippen molar-refractivity contribution < 1.29 is 14.4 Å². The fourth-order valence-electron chi connectivity index (χ4n) is 4.40. The molecule has 3 amide bonds. The number of rotatable bonds is 6. The van der Waals surface area contributed by atoms with Gasteiger partial charge in [-0.3, -0.25) is 19.7 Å². The summed E-state index contributed by atoms with van der Waals surface area (Å²) in [5, 5.41) is 5.97. The van der Waals surface area contributed by atoms with Crippen molar-refractivity contribution in [1.29, 1.82) is 0 Å². The summed E-state index contributed by atoms with van der Waals surface area (Å²) >= 11 is 0.960. The number of carbonyl (C=O) groups is 3. The van der Waals surface area contributed by atoms with E-state index >= 15 is 0 Å². The lowest BCUT2D eigenvalue weighted by Gasteiger charge is -2.47. The molecule has 6 nitrogen and oxygen atoms in total. The third kappa shape index (κ3) is 3.30. The zero-order chi connectivity index (χ0) is 22.1. The molecule has 0 spiro atoms. The third-order valence-corrected chi connectivity index (χ3v) is 6.78. The smallest absolute Gasteiger partial charge is 0.290 e. The van der Waals surface area contributed by atoms with Gasteiger partial charge in [0.05, 0.1) is 11.3 Å². The molecule has 2 saturated heterocycles. The van der Waals surface area contributed by atoms with Crippen LogP contribution in [-0.4, -0.2) is 39.9 Å². The van der Waals surface area contributed by atoms with E-state index in [0.29, 0.717) is 0 Å². The van der Waals surface area contributed by atoms with Gasteiger partial charge in [0, 0.05) is 0 Å². The molecular weight excluding hydrogens is 422 g/mol. The van der Waals surface area contributed by atoms with Crippen LogP contribution in [0.3, 0.4) is 0 Å². The van der Waals surface area contributed by atoms with Gasteiger partial charge in [-0.1, -0.05) is 103 Å². The molecule has 0 aliphatic carbocycles. The first kappa shape index (κ1) is 20.5. The Labute approximate surface area is 190 Å². The van der Waals surface area contributed by atoms with Gasteiger partial charge in [-0.15, -0.1) is 0 Å². The van der Waals surface area contributed by atoms with Crippen LogP contribution in [0.25, 0.3) is 0 Å². The van der Waals surface area contributed by atoms with Crippen LogP contribution < -0.4 is 10.6 Å². The van der Waals surface area contributed by atoms with Crippen LogP contribution in [-0.2, 0) is 15.1 Å². The van der Waals surface area contributed by atoms with E-state index in [1.54, 1.807) is 0 Å².